The van der Waals surface area contributed by atoms with Crippen molar-refractivity contribution >= 4 is 27.5 Å². The lowest BCUT2D eigenvalue weighted by Gasteiger charge is -2.36. The summed E-state index contributed by atoms with van der Waals surface area (Å²) in [5.41, 5.74) is 1.92. The van der Waals surface area contributed by atoms with Gasteiger partial charge in [0.2, 0.25) is 0 Å². The molecule has 4 rings (SSSR count). The average molecular weight is 404 g/mol. The summed E-state index contributed by atoms with van der Waals surface area (Å²) in [7, 11) is -3.48. The second-order valence-corrected chi connectivity index (χ2v) is 9.29. The van der Waals surface area contributed by atoms with Crippen molar-refractivity contribution in [3.63, 3.8) is 0 Å². The summed E-state index contributed by atoms with van der Waals surface area (Å²) in [6, 6.07) is 15.5. The van der Waals surface area contributed by atoms with E-state index in [9.17, 15) is 8.42 Å². The minimum Gasteiger partial charge on any atom is -0.296 e. The number of sulfonamides is 1. The lowest BCUT2D eigenvalue weighted by molar-refractivity contribution is 0.140. The lowest BCUT2D eigenvalue weighted by Crippen LogP contribution is -2.42. The third-order valence-electron chi connectivity index (χ3n) is 5.26. The van der Waals surface area contributed by atoms with Gasteiger partial charge in [0, 0.05) is 29.7 Å². The number of rotatable bonds is 3. The van der Waals surface area contributed by atoms with Gasteiger partial charge in [-0.3, -0.25) is 14.6 Å². The van der Waals surface area contributed by atoms with Crippen molar-refractivity contribution in [3.05, 3.63) is 64.7 Å². The van der Waals surface area contributed by atoms with Crippen molar-refractivity contribution in [2.75, 3.05) is 6.54 Å². The molecule has 0 radical (unpaired) electrons. The van der Waals surface area contributed by atoms with E-state index < -0.39 is 10.0 Å². The Morgan fingerprint density at radius 2 is 1.93 bits per heavy atom. The van der Waals surface area contributed by atoms with Gasteiger partial charge in [0.25, 0.3) is 10.0 Å². The van der Waals surface area contributed by atoms with Crippen LogP contribution in [-0.4, -0.2) is 37.8 Å². The number of fused-ring (bicyclic) bond motifs is 1. The smallest absolute Gasteiger partial charge is 0.263 e. The summed E-state index contributed by atoms with van der Waals surface area (Å²) in [4.78, 5) is 7.51. The first kappa shape index (κ1) is 18.5. The molecule has 2 aromatic rings. The third-order valence-corrected chi connectivity index (χ3v) is 6.91. The fourth-order valence-corrected chi connectivity index (χ4v) is 5.15. The van der Waals surface area contributed by atoms with E-state index in [0.29, 0.717) is 22.3 Å². The van der Waals surface area contributed by atoms with Crippen molar-refractivity contribution in [1.82, 2.24) is 9.62 Å². The zero-order chi connectivity index (χ0) is 19.0. The van der Waals surface area contributed by atoms with Crippen LogP contribution in [0.4, 0.5) is 0 Å². The normalized spacial score (nSPS) is 25.9. The molecular weight excluding hydrogens is 382 g/mol. The highest BCUT2D eigenvalue weighted by Crippen LogP contribution is 2.26. The predicted molar refractivity (Wildman–Crippen MR) is 108 cm³/mol. The fraction of sp³-hybridized carbons (Fsp3) is 0.350. The van der Waals surface area contributed by atoms with E-state index >= 15 is 0 Å². The van der Waals surface area contributed by atoms with Crippen LogP contribution >= 0.6 is 11.6 Å². The monoisotopic (exact) mass is 403 g/mol. The Morgan fingerprint density at radius 1 is 1.19 bits per heavy atom. The molecule has 2 aromatic carbocycles. The molecule has 27 heavy (non-hydrogen) atoms. The fourth-order valence-electron chi connectivity index (χ4n) is 3.78. The molecule has 5 nitrogen and oxygen atoms in total. The number of nitrogens with one attached hydrogen (secondary N) is 1. The molecule has 2 atom stereocenters. The third kappa shape index (κ3) is 3.88. The van der Waals surface area contributed by atoms with Crippen molar-refractivity contribution in [1.29, 1.82) is 0 Å². The Hall–Kier alpha value is -1.89. The number of hydrogen-bond acceptors (Lipinski definition) is 4. The molecule has 2 aliphatic heterocycles. The number of piperidine rings is 1. The number of amidine groups is 1. The molecule has 2 heterocycles. The largest absolute Gasteiger partial charge is 0.296 e. The van der Waals surface area contributed by atoms with Crippen LogP contribution in [0.5, 0.6) is 0 Å². The van der Waals surface area contributed by atoms with Gasteiger partial charge in [-0.15, -0.1) is 0 Å². The SMILES string of the molecule is CC1CC(N=C2NS(=O)(=O)c3ccccc32)CCN1Cc1ccc(Cl)cc1. The lowest BCUT2D eigenvalue weighted by atomic mass is 9.98. The molecule has 0 aromatic heterocycles. The van der Waals surface area contributed by atoms with Gasteiger partial charge in [-0.2, -0.15) is 0 Å². The molecule has 0 spiro atoms. The summed E-state index contributed by atoms with van der Waals surface area (Å²) in [6.45, 7) is 4.02. The molecule has 0 aliphatic carbocycles. The highest BCUT2D eigenvalue weighted by molar-refractivity contribution is 7.90. The van der Waals surface area contributed by atoms with Gasteiger partial charge >= 0.3 is 0 Å². The van der Waals surface area contributed by atoms with Gasteiger partial charge in [-0.05, 0) is 49.6 Å². The van der Waals surface area contributed by atoms with Crippen LogP contribution in [0.25, 0.3) is 0 Å². The molecule has 1 saturated heterocycles. The van der Waals surface area contributed by atoms with Crippen molar-refractivity contribution < 1.29 is 8.42 Å². The number of halogens is 1. The Morgan fingerprint density at radius 3 is 2.67 bits per heavy atom. The van der Waals surface area contributed by atoms with Gasteiger partial charge < -0.3 is 0 Å². The minimum atomic E-state index is -3.48. The molecule has 2 unspecified atom stereocenters. The zero-order valence-electron chi connectivity index (χ0n) is 15.1. The Kier molecular flexibility index (Phi) is 4.97. The zero-order valence-corrected chi connectivity index (χ0v) is 16.7. The number of benzene rings is 2. The summed E-state index contributed by atoms with van der Waals surface area (Å²) in [5.74, 6) is 0.481. The first-order valence-electron chi connectivity index (χ1n) is 9.11. The highest BCUT2D eigenvalue weighted by Gasteiger charge is 2.32. The van der Waals surface area contributed by atoms with E-state index in [4.69, 9.17) is 16.6 Å². The Bertz CT molecular complexity index is 973. The molecule has 0 saturated carbocycles. The standard InChI is InChI=1S/C20H22ClN3O2S/c1-14-12-17(10-11-24(14)13-15-6-8-16(21)9-7-15)22-20-18-4-2-3-5-19(18)27(25,26)23-20/h2-9,14,17H,10-13H2,1H3,(H,22,23). The van der Waals surface area contributed by atoms with Crippen LogP contribution < -0.4 is 4.72 Å². The molecule has 142 valence electrons. The number of hydrogen-bond donors (Lipinski definition) is 1. The second kappa shape index (κ2) is 7.26. The van der Waals surface area contributed by atoms with E-state index in [-0.39, 0.29) is 6.04 Å². The Labute approximate surface area is 165 Å². The van der Waals surface area contributed by atoms with E-state index in [1.807, 2.05) is 24.3 Å². The molecule has 7 heteroatoms. The molecule has 1 fully saturated rings. The van der Waals surface area contributed by atoms with Crippen molar-refractivity contribution in [2.24, 2.45) is 4.99 Å². The summed E-state index contributed by atoms with van der Waals surface area (Å²) in [5, 5.41) is 0.751. The number of aliphatic imine (C=N–C) groups is 1. The highest BCUT2D eigenvalue weighted by atomic mass is 35.5. The van der Waals surface area contributed by atoms with Gasteiger partial charge in [-0.1, -0.05) is 35.9 Å². The topological polar surface area (TPSA) is 61.8 Å². The first-order chi connectivity index (χ1) is 12.9. The van der Waals surface area contributed by atoms with E-state index in [1.165, 1.54) is 5.56 Å². The Balaban J connectivity index is 1.46. The predicted octanol–water partition coefficient (Wildman–Crippen LogP) is 3.43. The van der Waals surface area contributed by atoms with Gasteiger partial charge in [-0.25, -0.2) is 8.42 Å². The van der Waals surface area contributed by atoms with E-state index in [1.54, 1.807) is 12.1 Å². The molecule has 1 N–H and O–H groups in total. The van der Waals surface area contributed by atoms with Crippen LogP contribution in [0, 0.1) is 0 Å². The van der Waals surface area contributed by atoms with Crippen LogP contribution in [0.15, 0.2) is 58.4 Å². The first-order valence-corrected chi connectivity index (χ1v) is 11.0. The van der Waals surface area contributed by atoms with E-state index in [0.717, 1.165) is 31.0 Å². The molecule has 0 bridgehead atoms. The van der Waals surface area contributed by atoms with Crippen LogP contribution in [-0.2, 0) is 16.6 Å². The van der Waals surface area contributed by atoms with Crippen LogP contribution in [0.2, 0.25) is 5.02 Å². The van der Waals surface area contributed by atoms with Gasteiger partial charge in [0.05, 0.1) is 10.9 Å². The molecular formula is C20H22ClN3O2S. The van der Waals surface area contributed by atoms with Crippen molar-refractivity contribution in [3.8, 4) is 0 Å². The maximum Gasteiger partial charge on any atom is 0.263 e. The summed E-state index contributed by atoms with van der Waals surface area (Å²) in [6.07, 6.45) is 1.81. The number of nitrogens with zero attached hydrogens (tertiary/aromatic N) is 2. The van der Waals surface area contributed by atoms with Crippen LogP contribution in [0.1, 0.15) is 30.9 Å². The second-order valence-electron chi connectivity index (χ2n) is 7.20. The van der Waals surface area contributed by atoms with Gasteiger partial charge in [0.1, 0.15) is 5.84 Å². The minimum absolute atomic E-state index is 0.116. The molecule has 0 amide bonds. The summed E-state index contributed by atoms with van der Waals surface area (Å²) < 4.78 is 27.1. The van der Waals surface area contributed by atoms with E-state index in [2.05, 4.69) is 28.7 Å². The maximum atomic E-state index is 12.2. The maximum absolute atomic E-state index is 12.2. The van der Waals surface area contributed by atoms with Gasteiger partial charge in [0.15, 0.2) is 0 Å². The van der Waals surface area contributed by atoms with Crippen molar-refractivity contribution in [2.45, 2.75) is 43.3 Å². The van der Waals surface area contributed by atoms with Crippen LogP contribution in [0.3, 0.4) is 0 Å². The number of likely N-dealkylation sites (tertiary alicyclic amines) is 1. The average Bonchev–Trinajstić information content (AvgIpc) is 2.90. The quantitative estimate of drug-likeness (QED) is 0.853. The molecule has 2 aliphatic rings. The summed E-state index contributed by atoms with van der Waals surface area (Å²) >= 11 is 5.96.